The summed E-state index contributed by atoms with van der Waals surface area (Å²) in [5, 5.41) is 3.54. The lowest BCUT2D eigenvalue weighted by Gasteiger charge is -2.36. The van der Waals surface area contributed by atoms with E-state index in [-0.39, 0.29) is 17.4 Å². The van der Waals surface area contributed by atoms with E-state index in [1.54, 1.807) is 17.0 Å². The first-order valence-electron chi connectivity index (χ1n) is 10.1. The Morgan fingerprint density at radius 2 is 1.71 bits per heavy atom. The maximum Gasteiger partial charge on any atom is 0.272 e. The highest BCUT2D eigenvalue weighted by atomic mass is 32.1. The van der Waals surface area contributed by atoms with Crippen molar-refractivity contribution >= 4 is 34.6 Å². The number of hydrogen-bond acceptors (Lipinski definition) is 5. The van der Waals surface area contributed by atoms with Crippen LogP contribution in [-0.2, 0) is 4.74 Å². The number of halogens is 2. The smallest absolute Gasteiger partial charge is 0.272 e. The molecule has 1 aromatic heterocycles. The van der Waals surface area contributed by atoms with E-state index in [1.807, 2.05) is 9.80 Å². The van der Waals surface area contributed by atoms with Gasteiger partial charge in [-0.05, 0) is 42.5 Å². The lowest BCUT2D eigenvalue weighted by Crippen LogP contribution is -2.51. The number of thiocarbonyl (C=S) groups is 1. The molecular weight excluding hydrogens is 424 g/mol. The Bertz CT molecular complexity index is 963. The van der Waals surface area contributed by atoms with Crippen LogP contribution >= 0.6 is 12.2 Å². The van der Waals surface area contributed by atoms with Crippen molar-refractivity contribution in [2.75, 3.05) is 62.7 Å². The van der Waals surface area contributed by atoms with E-state index in [0.717, 1.165) is 0 Å². The number of hydrogen-bond donors (Lipinski definition) is 1. The van der Waals surface area contributed by atoms with Crippen LogP contribution < -0.4 is 10.2 Å². The Balaban J connectivity index is 1.32. The number of ether oxygens (including phenoxy) is 1. The van der Waals surface area contributed by atoms with Gasteiger partial charge in [0.05, 0.1) is 18.9 Å². The molecule has 1 aromatic carbocycles. The molecule has 164 valence electrons. The molecule has 1 amide bonds. The number of nitrogens with zero attached hydrogens (tertiary/aromatic N) is 4. The van der Waals surface area contributed by atoms with Crippen LogP contribution in [-0.4, -0.2) is 78.3 Å². The second kappa shape index (κ2) is 9.52. The van der Waals surface area contributed by atoms with Crippen molar-refractivity contribution in [3.63, 3.8) is 0 Å². The van der Waals surface area contributed by atoms with Gasteiger partial charge in [0.2, 0.25) is 5.95 Å². The summed E-state index contributed by atoms with van der Waals surface area (Å²) in [5.74, 6) is -1.30. The number of pyridine rings is 1. The van der Waals surface area contributed by atoms with Crippen LogP contribution in [0.5, 0.6) is 0 Å². The zero-order valence-electron chi connectivity index (χ0n) is 16.9. The molecule has 1 N–H and O–H groups in total. The van der Waals surface area contributed by atoms with Gasteiger partial charge in [0, 0.05) is 45.0 Å². The second-order valence-electron chi connectivity index (χ2n) is 7.32. The van der Waals surface area contributed by atoms with E-state index in [0.29, 0.717) is 69.0 Å². The Labute approximate surface area is 184 Å². The first-order chi connectivity index (χ1) is 15.0. The van der Waals surface area contributed by atoms with Crippen LogP contribution in [0.3, 0.4) is 0 Å². The molecule has 3 heterocycles. The van der Waals surface area contributed by atoms with Crippen LogP contribution in [0.25, 0.3) is 0 Å². The molecule has 0 aliphatic carbocycles. The lowest BCUT2D eigenvalue weighted by molar-refractivity contribution is 0.0686. The fourth-order valence-electron chi connectivity index (χ4n) is 3.65. The lowest BCUT2D eigenvalue weighted by atomic mass is 10.2. The van der Waals surface area contributed by atoms with Crippen LogP contribution in [0.1, 0.15) is 10.5 Å². The van der Waals surface area contributed by atoms with Gasteiger partial charge in [-0.3, -0.25) is 4.79 Å². The van der Waals surface area contributed by atoms with Gasteiger partial charge in [0.1, 0.15) is 11.5 Å². The van der Waals surface area contributed by atoms with E-state index >= 15 is 0 Å². The first kappa shape index (κ1) is 21.4. The summed E-state index contributed by atoms with van der Waals surface area (Å²) >= 11 is 5.47. The molecule has 2 aliphatic heterocycles. The number of amides is 1. The third-order valence-corrected chi connectivity index (χ3v) is 5.70. The summed E-state index contributed by atoms with van der Waals surface area (Å²) in [7, 11) is 0. The number of carbonyl (C=O) groups is 1. The monoisotopic (exact) mass is 447 g/mol. The zero-order valence-corrected chi connectivity index (χ0v) is 17.7. The largest absolute Gasteiger partial charge is 0.378 e. The van der Waals surface area contributed by atoms with Gasteiger partial charge in [-0.25, -0.2) is 9.37 Å². The third kappa shape index (κ3) is 5.08. The number of aromatic nitrogens is 1. The number of benzene rings is 1. The average molecular weight is 448 g/mol. The van der Waals surface area contributed by atoms with Crippen molar-refractivity contribution < 1.29 is 18.3 Å². The van der Waals surface area contributed by atoms with Crippen molar-refractivity contribution in [1.29, 1.82) is 0 Å². The maximum atomic E-state index is 14.6. The minimum Gasteiger partial charge on any atom is -0.378 e. The van der Waals surface area contributed by atoms with Gasteiger partial charge in [-0.2, -0.15) is 4.39 Å². The molecule has 0 spiro atoms. The summed E-state index contributed by atoms with van der Waals surface area (Å²) in [5.41, 5.74) is 1.21. The Kier molecular flexibility index (Phi) is 6.57. The molecule has 0 bridgehead atoms. The quantitative estimate of drug-likeness (QED) is 0.573. The number of morpholine rings is 1. The van der Waals surface area contributed by atoms with Crippen molar-refractivity contribution in [1.82, 2.24) is 14.8 Å². The van der Waals surface area contributed by atoms with Crippen LogP contribution in [0.15, 0.2) is 36.4 Å². The van der Waals surface area contributed by atoms with Gasteiger partial charge in [-0.1, -0.05) is 6.07 Å². The van der Waals surface area contributed by atoms with E-state index in [4.69, 9.17) is 17.0 Å². The fourth-order valence-corrected chi connectivity index (χ4v) is 3.95. The topological polar surface area (TPSA) is 60.9 Å². The van der Waals surface area contributed by atoms with E-state index in [2.05, 4.69) is 10.3 Å². The van der Waals surface area contributed by atoms with E-state index in [1.165, 1.54) is 24.3 Å². The Morgan fingerprint density at radius 1 is 1.00 bits per heavy atom. The number of rotatable bonds is 3. The normalized spacial score (nSPS) is 16.9. The highest BCUT2D eigenvalue weighted by molar-refractivity contribution is 7.80. The Hall–Kier alpha value is -2.85. The second-order valence-corrected chi connectivity index (χ2v) is 7.71. The molecule has 0 unspecified atom stereocenters. The van der Waals surface area contributed by atoms with Crippen molar-refractivity contribution in [2.24, 2.45) is 0 Å². The van der Waals surface area contributed by atoms with Crippen molar-refractivity contribution in [3.8, 4) is 0 Å². The summed E-state index contributed by atoms with van der Waals surface area (Å²) in [4.78, 5) is 21.7. The molecular formula is C21H23F2N5O2S. The minimum absolute atomic E-state index is 0.0879. The van der Waals surface area contributed by atoms with Crippen molar-refractivity contribution in [2.45, 2.75) is 0 Å². The number of piperazine rings is 1. The molecule has 0 atom stereocenters. The first-order valence-corrected chi connectivity index (χ1v) is 10.5. The number of anilines is 2. The summed E-state index contributed by atoms with van der Waals surface area (Å²) in [6, 6.07) is 9.15. The predicted octanol–water partition coefficient (Wildman–Crippen LogP) is 2.35. The van der Waals surface area contributed by atoms with Gasteiger partial charge in [0.25, 0.3) is 5.91 Å². The maximum absolute atomic E-state index is 14.6. The number of carbonyl (C=O) groups excluding carboxylic acids is 1. The van der Waals surface area contributed by atoms with Crippen LogP contribution in [0.4, 0.5) is 20.2 Å². The van der Waals surface area contributed by atoms with Crippen LogP contribution in [0, 0.1) is 11.8 Å². The zero-order chi connectivity index (χ0) is 21.8. The molecule has 31 heavy (non-hydrogen) atoms. The summed E-state index contributed by atoms with van der Waals surface area (Å²) in [6.45, 7) is 4.40. The molecule has 2 saturated heterocycles. The Morgan fingerprint density at radius 3 is 2.39 bits per heavy atom. The summed E-state index contributed by atoms with van der Waals surface area (Å²) < 4.78 is 33.2. The fraction of sp³-hybridized carbons (Fsp3) is 0.381. The standard InChI is InChI=1S/C21H23F2N5O2S/c22-16-14-15(4-5-18(16)26-10-12-30-13-11-26)24-21(31)28-8-6-27(7-9-28)20(29)17-2-1-3-19(23)25-17/h1-5,14H,6-13H2,(H,24,31). The molecule has 2 aromatic rings. The van der Waals surface area contributed by atoms with E-state index < -0.39 is 5.95 Å². The highest BCUT2D eigenvalue weighted by Gasteiger charge is 2.24. The van der Waals surface area contributed by atoms with Crippen molar-refractivity contribution in [3.05, 3.63) is 53.9 Å². The number of nitrogens with one attached hydrogen (secondary N) is 1. The molecule has 10 heteroatoms. The molecule has 2 aliphatic rings. The molecule has 0 radical (unpaired) electrons. The van der Waals surface area contributed by atoms with Crippen LogP contribution in [0.2, 0.25) is 0 Å². The average Bonchev–Trinajstić information content (AvgIpc) is 2.79. The van der Waals surface area contributed by atoms with Gasteiger partial charge < -0.3 is 24.8 Å². The molecule has 2 fully saturated rings. The van der Waals surface area contributed by atoms with Gasteiger partial charge in [0.15, 0.2) is 5.11 Å². The van der Waals surface area contributed by atoms with Gasteiger partial charge in [-0.15, -0.1) is 0 Å². The molecule has 4 rings (SSSR count). The molecule has 7 nitrogen and oxygen atoms in total. The predicted molar refractivity (Wildman–Crippen MR) is 117 cm³/mol. The van der Waals surface area contributed by atoms with E-state index in [9.17, 15) is 13.6 Å². The minimum atomic E-state index is -0.679. The molecule has 0 saturated carbocycles. The summed E-state index contributed by atoms with van der Waals surface area (Å²) in [6.07, 6.45) is 0. The third-order valence-electron chi connectivity index (χ3n) is 5.34. The highest BCUT2D eigenvalue weighted by Crippen LogP contribution is 2.24. The SMILES string of the molecule is O=C(c1cccc(F)n1)N1CCN(C(=S)Nc2ccc(N3CCOCC3)c(F)c2)CC1. The van der Waals surface area contributed by atoms with Gasteiger partial charge >= 0.3 is 0 Å².